The van der Waals surface area contributed by atoms with Crippen LogP contribution in [0.1, 0.15) is 47.9 Å². The topological polar surface area (TPSA) is 83.8 Å². The van der Waals surface area contributed by atoms with Crippen LogP contribution in [0.5, 0.6) is 0 Å². The molecular weight excluding hydrogens is 312 g/mol. The Hall–Kier alpha value is -2.82. The van der Waals surface area contributed by atoms with Crippen molar-refractivity contribution in [3.05, 3.63) is 59.4 Å². The van der Waals surface area contributed by atoms with Crippen molar-refractivity contribution >= 4 is 22.6 Å². The van der Waals surface area contributed by atoms with Crippen molar-refractivity contribution in [3.63, 3.8) is 0 Å². The van der Waals surface area contributed by atoms with Gasteiger partial charge in [0.1, 0.15) is 11.3 Å². The molecule has 1 amide bonds. The zero-order valence-corrected chi connectivity index (χ0v) is 14.3. The summed E-state index contributed by atoms with van der Waals surface area (Å²) in [5.74, 6) is 0.387. The van der Waals surface area contributed by atoms with E-state index in [-0.39, 0.29) is 5.54 Å². The fraction of sp³-hybridized carbons (Fsp3) is 0.300. The van der Waals surface area contributed by atoms with Gasteiger partial charge >= 0.3 is 0 Å². The molecule has 4 rings (SSSR count). The Morgan fingerprint density at radius 2 is 2.00 bits per heavy atom. The number of amides is 1. The van der Waals surface area contributed by atoms with Crippen LogP contribution in [0.15, 0.2) is 42.5 Å². The lowest BCUT2D eigenvalue weighted by Crippen LogP contribution is -2.34. The highest BCUT2D eigenvalue weighted by Gasteiger charge is 2.32. The van der Waals surface area contributed by atoms with Crippen molar-refractivity contribution in [2.45, 2.75) is 38.1 Å². The summed E-state index contributed by atoms with van der Waals surface area (Å²) >= 11 is 0. The molecule has 0 saturated carbocycles. The number of aromatic nitrogens is 2. The first-order valence-electron chi connectivity index (χ1n) is 8.72. The number of carbonyl (C=O) groups excluding carboxylic acids is 1. The number of anilines is 1. The van der Waals surface area contributed by atoms with E-state index >= 15 is 0 Å². The van der Waals surface area contributed by atoms with Gasteiger partial charge in [0, 0.05) is 5.69 Å². The van der Waals surface area contributed by atoms with Gasteiger partial charge in [0.05, 0.1) is 16.6 Å². The molecule has 0 spiro atoms. The minimum atomic E-state index is -0.454. The van der Waals surface area contributed by atoms with Crippen molar-refractivity contribution in [1.82, 2.24) is 9.97 Å². The molecule has 1 aliphatic heterocycles. The zero-order chi connectivity index (χ0) is 17.4. The first kappa shape index (κ1) is 15.7. The molecule has 1 atom stereocenters. The molecule has 2 aromatic carbocycles. The van der Waals surface area contributed by atoms with Gasteiger partial charge in [0.2, 0.25) is 0 Å². The summed E-state index contributed by atoms with van der Waals surface area (Å²) in [7, 11) is 0. The van der Waals surface area contributed by atoms with Crippen LogP contribution in [0, 0.1) is 0 Å². The standard InChI is InChI=1S/C20H22N4O/c1-20(12-5-4-8-13-7-2-3-10-15(13)24-20)19-22-16-11-6-9-14(18(21)25)17(16)23-19/h2-3,6-7,9-11,24H,4-5,8,12H2,1H3,(H2,21,25)(H,22,23). The number of hydrogen-bond donors (Lipinski definition) is 3. The van der Waals surface area contributed by atoms with Crippen molar-refractivity contribution in [3.8, 4) is 0 Å². The summed E-state index contributed by atoms with van der Waals surface area (Å²) in [6, 6.07) is 13.9. The van der Waals surface area contributed by atoms with Crippen LogP contribution in [0.4, 0.5) is 5.69 Å². The molecular formula is C20H22N4O. The Kier molecular flexibility index (Phi) is 3.71. The molecule has 1 aliphatic rings. The molecule has 5 heteroatoms. The highest BCUT2D eigenvalue weighted by atomic mass is 16.1. The number of aryl methyl sites for hydroxylation is 1. The Morgan fingerprint density at radius 3 is 2.84 bits per heavy atom. The maximum Gasteiger partial charge on any atom is 0.250 e. The molecule has 128 valence electrons. The number of H-pyrrole nitrogens is 1. The predicted octanol–water partition coefficient (Wildman–Crippen LogP) is 3.72. The molecule has 5 nitrogen and oxygen atoms in total. The molecule has 2 heterocycles. The van der Waals surface area contributed by atoms with Gasteiger partial charge in [-0.3, -0.25) is 4.79 Å². The second-order valence-corrected chi connectivity index (χ2v) is 6.97. The number of hydrogen-bond acceptors (Lipinski definition) is 3. The van der Waals surface area contributed by atoms with Crippen molar-refractivity contribution in [2.75, 3.05) is 5.32 Å². The highest BCUT2D eigenvalue weighted by Crippen LogP contribution is 2.35. The van der Waals surface area contributed by atoms with Gasteiger partial charge in [0.15, 0.2) is 0 Å². The average molecular weight is 334 g/mol. The van der Waals surface area contributed by atoms with Gasteiger partial charge in [-0.25, -0.2) is 4.98 Å². The summed E-state index contributed by atoms with van der Waals surface area (Å²) < 4.78 is 0. The minimum Gasteiger partial charge on any atom is -0.373 e. The SMILES string of the molecule is CC1(c2nc3c(C(N)=O)cccc3[nH]2)CCCCc2ccccc2N1. The molecule has 0 aliphatic carbocycles. The smallest absolute Gasteiger partial charge is 0.250 e. The van der Waals surface area contributed by atoms with Crippen LogP contribution in [0.3, 0.4) is 0 Å². The number of fused-ring (bicyclic) bond motifs is 2. The third kappa shape index (κ3) is 2.76. The number of benzene rings is 2. The highest BCUT2D eigenvalue weighted by molar-refractivity contribution is 6.04. The van der Waals surface area contributed by atoms with Crippen molar-refractivity contribution < 1.29 is 4.79 Å². The lowest BCUT2D eigenvalue weighted by atomic mass is 9.89. The number of aromatic amines is 1. The third-order valence-corrected chi connectivity index (χ3v) is 5.10. The molecule has 4 N–H and O–H groups in total. The summed E-state index contributed by atoms with van der Waals surface area (Å²) in [6.45, 7) is 2.16. The number of para-hydroxylation sites is 2. The van der Waals surface area contributed by atoms with Crippen molar-refractivity contribution in [2.24, 2.45) is 5.73 Å². The van der Waals surface area contributed by atoms with Crippen LogP contribution < -0.4 is 11.1 Å². The molecule has 0 bridgehead atoms. The summed E-state index contributed by atoms with van der Waals surface area (Å²) in [4.78, 5) is 19.9. The van der Waals surface area contributed by atoms with Crippen molar-refractivity contribution in [1.29, 1.82) is 0 Å². The van der Waals surface area contributed by atoms with Crippen LogP contribution in [-0.4, -0.2) is 15.9 Å². The number of imidazole rings is 1. The lowest BCUT2D eigenvalue weighted by molar-refractivity contribution is 0.100. The Balaban J connectivity index is 1.81. The maximum absolute atomic E-state index is 11.7. The average Bonchev–Trinajstić information content (AvgIpc) is 3.03. The number of nitrogens with zero attached hydrogens (tertiary/aromatic N) is 1. The maximum atomic E-state index is 11.7. The number of carbonyl (C=O) groups is 1. The fourth-order valence-electron chi connectivity index (χ4n) is 3.68. The Labute approximate surface area is 146 Å². The molecule has 0 saturated heterocycles. The van der Waals surface area contributed by atoms with E-state index in [4.69, 9.17) is 10.7 Å². The number of nitrogens with one attached hydrogen (secondary N) is 2. The minimum absolute atomic E-state index is 0.329. The van der Waals surface area contributed by atoms with E-state index in [1.807, 2.05) is 12.1 Å². The number of nitrogens with two attached hydrogens (primary N) is 1. The normalized spacial score (nSPS) is 20.4. The largest absolute Gasteiger partial charge is 0.373 e. The van der Waals surface area contributed by atoms with Crippen LogP contribution in [-0.2, 0) is 12.0 Å². The second-order valence-electron chi connectivity index (χ2n) is 6.97. The molecule has 3 aromatic rings. The molecule has 0 radical (unpaired) electrons. The van der Waals surface area contributed by atoms with E-state index in [9.17, 15) is 4.79 Å². The fourth-order valence-corrected chi connectivity index (χ4v) is 3.68. The summed E-state index contributed by atoms with van der Waals surface area (Å²) in [5, 5.41) is 3.69. The Bertz CT molecular complexity index is 946. The van der Waals surface area contributed by atoms with E-state index in [1.165, 1.54) is 5.56 Å². The van der Waals surface area contributed by atoms with Gasteiger partial charge in [-0.1, -0.05) is 30.7 Å². The molecule has 25 heavy (non-hydrogen) atoms. The van der Waals surface area contributed by atoms with E-state index in [0.29, 0.717) is 11.1 Å². The van der Waals surface area contributed by atoms with Crippen LogP contribution in [0.2, 0.25) is 0 Å². The first-order chi connectivity index (χ1) is 12.1. The number of primary amides is 1. The molecule has 1 aromatic heterocycles. The predicted molar refractivity (Wildman–Crippen MR) is 99.6 cm³/mol. The van der Waals surface area contributed by atoms with E-state index < -0.39 is 5.91 Å². The lowest BCUT2D eigenvalue weighted by Gasteiger charge is -2.33. The van der Waals surface area contributed by atoms with Gasteiger partial charge in [-0.15, -0.1) is 0 Å². The van der Waals surface area contributed by atoms with E-state index in [2.05, 4.69) is 41.5 Å². The third-order valence-electron chi connectivity index (χ3n) is 5.10. The van der Waals surface area contributed by atoms with Crippen LogP contribution >= 0.6 is 0 Å². The van der Waals surface area contributed by atoms with E-state index in [1.54, 1.807) is 6.07 Å². The number of rotatable bonds is 2. The second kappa shape index (κ2) is 5.92. The van der Waals surface area contributed by atoms with Gasteiger partial charge in [-0.2, -0.15) is 0 Å². The first-order valence-corrected chi connectivity index (χ1v) is 8.72. The summed E-state index contributed by atoms with van der Waals surface area (Å²) in [6.07, 6.45) is 4.32. The quantitative estimate of drug-likeness (QED) is 0.668. The van der Waals surface area contributed by atoms with E-state index in [0.717, 1.165) is 42.7 Å². The van der Waals surface area contributed by atoms with Gasteiger partial charge in [-0.05, 0) is 49.9 Å². The summed E-state index contributed by atoms with van der Waals surface area (Å²) in [5.41, 5.74) is 9.59. The van der Waals surface area contributed by atoms with Gasteiger partial charge < -0.3 is 16.0 Å². The molecule has 0 fully saturated rings. The monoisotopic (exact) mass is 334 g/mol. The zero-order valence-electron chi connectivity index (χ0n) is 14.3. The molecule has 1 unspecified atom stereocenters. The Morgan fingerprint density at radius 1 is 1.16 bits per heavy atom. The van der Waals surface area contributed by atoms with Gasteiger partial charge in [0.25, 0.3) is 5.91 Å². The van der Waals surface area contributed by atoms with Crippen LogP contribution in [0.25, 0.3) is 11.0 Å².